The number of carboxylic acids is 1. The van der Waals surface area contributed by atoms with Crippen molar-refractivity contribution in [1.29, 1.82) is 0 Å². The molecule has 1 N–H and O–H groups in total. The highest BCUT2D eigenvalue weighted by atomic mass is 16.4. The second kappa shape index (κ2) is 7.10. The van der Waals surface area contributed by atoms with E-state index < -0.39 is 11.4 Å². The van der Waals surface area contributed by atoms with E-state index >= 15 is 0 Å². The number of fused-ring (bicyclic) bond motifs is 7. The molecule has 11 atom stereocenters. The van der Waals surface area contributed by atoms with Crippen LogP contribution in [-0.2, 0) is 9.59 Å². The van der Waals surface area contributed by atoms with E-state index in [1.165, 1.54) is 38.5 Å². The van der Waals surface area contributed by atoms with E-state index in [1.54, 1.807) is 6.92 Å². The molecule has 0 radical (unpaired) electrons. The zero-order chi connectivity index (χ0) is 24.2. The van der Waals surface area contributed by atoms with Crippen LogP contribution in [0, 0.1) is 62.6 Å². The lowest BCUT2D eigenvalue weighted by Crippen LogP contribution is -2.68. The van der Waals surface area contributed by atoms with Crippen molar-refractivity contribution in [2.24, 2.45) is 62.6 Å². The minimum Gasteiger partial charge on any atom is -0.480 e. The molecule has 5 rings (SSSR count). The average Bonchev–Trinajstić information content (AvgIpc) is 2.75. The number of hydrogen-bond donors (Lipinski definition) is 1. The number of carboxylic acid groups (broad SMARTS) is 1. The number of rotatable bonds is 1. The van der Waals surface area contributed by atoms with Gasteiger partial charge in [-0.25, -0.2) is 0 Å². The van der Waals surface area contributed by atoms with Crippen LogP contribution >= 0.6 is 0 Å². The van der Waals surface area contributed by atoms with Crippen LogP contribution in [-0.4, -0.2) is 16.9 Å². The Morgan fingerprint density at radius 3 is 2.18 bits per heavy atom. The van der Waals surface area contributed by atoms with Crippen molar-refractivity contribution in [2.45, 2.75) is 113 Å². The van der Waals surface area contributed by atoms with E-state index in [9.17, 15) is 14.7 Å². The van der Waals surface area contributed by atoms with E-state index in [4.69, 9.17) is 0 Å². The number of aliphatic carboxylic acids is 1. The summed E-state index contributed by atoms with van der Waals surface area (Å²) in [6, 6.07) is 0. The molecule has 0 heterocycles. The fourth-order valence-electron chi connectivity index (χ4n) is 11.5. The smallest absolute Gasteiger partial charge is 0.317 e. The summed E-state index contributed by atoms with van der Waals surface area (Å²) in [5.41, 5.74) is -0.193. The summed E-state index contributed by atoms with van der Waals surface area (Å²) in [6.07, 6.45) is 11.3. The molecule has 0 amide bonds. The predicted molar refractivity (Wildman–Crippen MR) is 132 cm³/mol. The topological polar surface area (TPSA) is 54.4 Å². The van der Waals surface area contributed by atoms with Gasteiger partial charge in [0, 0.05) is 6.42 Å². The van der Waals surface area contributed by atoms with Crippen LogP contribution in [0.25, 0.3) is 0 Å². The van der Waals surface area contributed by atoms with E-state index in [0.29, 0.717) is 23.2 Å². The molecule has 0 aromatic rings. The van der Waals surface area contributed by atoms with Gasteiger partial charge in [-0.15, -0.1) is 0 Å². The van der Waals surface area contributed by atoms with Gasteiger partial charge in [-0.05, 0) is 122 Å². The van der Waals surface area contributed by atoms with Gasteiger partial charge in [0.05, 0.1) is 0 Å². The molecule has 0 bridgehead atoms. The summed E-state index contributed by atoms with van der Waals surface area (Å²) in [5.74, 6) is 2.81. The van der Waals surface area contributed by atoms with Crippen LogP contribution in [0.5, 0.6) is 0 Å². The maximum atomic E-state index is 13.0. The number of hydrogen-bond acceptors (Lipinski definition) is 2. The Bertz CT molecular complexity index is 865. The van der Waals surface area contributed by atoms with Gasteiger partial charge in [0.2, 0.25) is 0 Å². The van der Waals surface area contributed by atoms with Crippen LogP contribution < -0.4 is 0 Å². The molecule has 0 spiro atoms. The van der Waals surface area contributed by atoms with E-state index in [2.05, 4.69) is 41.5 Å². The lowest BCUT2D eigenvalue weighted by Gasteiger charge is -2.73. The Balaban J connectivity index is 1.55. The van der Waals surface area contributed by atoms with Crippen molar-refractivity contribution in [3.63, 3.8) is 0 Å². The quantitative estimate of drug-likeness (QED) is 0.419. The first-order valence-electron chi connectivity index (χ1n) is 14.0. The summed E-state index contributed by atoms with van der Waals surface area (Å²) >= 11 is 0. The van der Waals surface area contributed by atoms with E-state index in [1.807, 2.05) is 0 Å². The van der Waals surface area contributed by atoms with Gasteiger partial charge in [-0.1, -0.05) is 41.5 Å². The molecular weight excluding hydrogens is 408 g/mol. The number of Topliss-reactive ketones (excluding diaryl/α,β-unsaturated/α-hetero) is 1. The first-order chi connectivity index (χ1) is 15.3. The van der Waals surface area contributed by atoms with Crippen molar-refractivity contribution in [3.8, 4) is 0 Å². The van der Waals surface area contributed by atoms with Crippen molar-refractivity contribution in [3.05, 3.63) is 0 Å². The zero-order valence-corrected chi connectivity index (χ0v) is 22.3. The van der Waals surface area contributed by atoms with Crippen LogP contribution in [0.2, 0.25) is 0 Å². The summed E-state index contributed by atoms with van der Waals surface area (Å²) in [5, 5.41) is 10.2. The van der Waals surface area contributed by atoms with Crippen molar-refractivity contribution < 1.29 is 14.7 Å². The maximum Gasteiger partial charge on any atom is 0.317 e. The Morgan fingerprint density at radius 1 is 0.818 bits per heavy atom. The fraction of sp³-hybridized carbons (Fsp3) is 0.933. The van der Waals surface area contributed by atoms with E-state index in [-0.39, 0.29) is 22.5 Å². The lowest BCUT2D eigenvalue weighted by atomic mass is 9.31. The minimum absolute atomic E-state index is 0.0237. The van der Waals surface area contributed by atoms with Gasteiger partial charge in [-0.3, -0.25) is 9.59 Å². The Kier molecular flexibility index (Phi) is 5.13. The van der Waals surface area contributed by atoms with Crippen LogP contribution in [0.4, 0.5) is 0 Å². The van der Waals surface area contributed by atoms with Crippen LogP contribution in [0.1, 0.15) is 113 Å². The average molecular weight is 457 g/mol. The molecule has 0 saturated heterocycles. The highest BCUT2D eigenvalue weighted by Crippen LogP contribution is 2.76. The largest absolute Gasteiger partial charge is 0.480 e. The molecule has 5 aliphatic rings. The van der Waals surface area contributed by atoms with Gasteiger partial charge in [0.25, 0.3) is 0 Å². The molecular formula is C30H48O3. The summed E-state index contributed by atoms with van der Waals surface area (Å²) in [6.45, 7) is 17.0. The molecule has 0 aromatic heterocycles. The summed E-state index contributed by atoms with van der Waals surface area (Å²) in [7, 11) is 0. The molecule has 0 aliphatic heterocycles. The number of ketones is 1. The van der Waals surface area contributed by atoms with Gasteiger partial charge < -0.3 is 5.11 Å². The molecule has 3 nitrogen and oxygen atoms in total. The molecule has 33 heavy (non-hydrogen) atoms. The molecule has 0 aromatic carbocycles. The first-order valence-corrected chi connectivity index (χ1v) is 14.0. The van der Waals surface area contributed by atoms with Crippen LogP contribution in [0.15, 0.2) is 0 Å². The van der Waals surface area contributed by atoms with Gasteiger partial charge in [0.15, 0.2) is 0 Å². The molecule has 3 heteroatoms. The summed E-state index contributed by atoms with van der Waals surface area (Å²) in [4.78, 5) is 25.4. The maximum absolute atomic E-state index is 13.0. The molecule has 5 fully saturated rings. The molecule has 0 unspecified atom stereocenters. The SMILES string of the molecule is C[C@@H]1[C@@H]2[C@H]3CC[C@@H]4[C@@]5(C)CCC(=O)[C@](C)(C(=O)O)[C@@H]5CC[C@@]4(C)[C@]3(C)CC[C@@]2(C)CC[C@H]1C. The number of carbonyl (C=O) groups is 2. The number of carbonyl (C=O) groups excluding carboxylic acids is 1. The lowest BCUT2D eigenvalue weighted by molar-refractivity contribution is -0.246. The van der Waals surface area contributed by atoms with Gasteiger partial charge >= 0.3 is 5.97 Å². The zero-order valence-electron chi connectivity index (χ0n) is 22.3. The fourth-order valence-corrected chi connectivity index (χ4v) is 11.5. The predicted octanol–water partition coefficient (Wildman–Crippen LogP) is 7.38. The molecule has 186 valence electrons. The highest BCUT2D eigenvalue weighted by molar-refractivity contribution is 6.03. The highest BCUT2D eigenvalue weighted by Gasteiger charge is 2.71. The van der Waals surface area contributed by atoms with Gasteiger partial charge in [0.1, 0.15) is 11.2 Å². The Hall–Kier alpha value is -0.860. The van der Waals surface area contributed by atoms with Gasteiger partial charge in [-0.2, -0.15) is 0 Å². The van der Waals surface area contributed by atoms with E-state index in [0.717, 1.165) is 42.9 Å². The second-order valence-electron chi connectivity index (χ2n) is 14.7. The van der Waals surface area contributed by atoms with Crippen molar-refractivity contribution >= 4 is 11.8 Å². The summed E-state index contributed by atoms with van der Waals surface area (Å²) < 4.78 is 0. The van der Waals surface area contributed by atoms with Crippen LogP contribution in [0.3, 0.4) is 0 Å². The third-order valence-corrected chi connectivity index (χ3v) is 13.9. The molecule has 5 aliphatic carbocycles. The second-order valence-corrected chi connectivity index (χ2v) is 14.7. The van der Waals surface area contributed by atoms with Crippen molar-refractivity contribution in [2.75, 3.05) is 0 Å². The first kappa shape index (κ1) is 23.9. The standard InChI is InChI=1S/C30H48O3/c1-18-10-13-26(3)16-17-28(5)20(24(26)19(18)2)8-9-21-27(4)14-12-23(31)30(7,25(32)33)22(27)11-15-29(21,28)6/h18-22,24H,8-17H2,1-7H3,(H,32,33)/t18-,19+,20-,21-,22-,24-,26-,27-,28-,29-,30-/m1/s1. The van der Waals surface area contributed by atoms with Crippen molar-refractivity contribution in [1.82, 2.24) is 0 Å². The normalized spacial score (nSPS) is 58.5. The third-order valence-electron chi connectivity index (χ3n) is 13.9. The molecule has 5 saturated carbocycles. The Labute approximate surface area is 201 Å². The Morgan fingerprint density at radius 2 is 1.52 bits per heavy atom. The monoisotopic (exact) mass is 456 g/mol. The minimum atomic E-state index is -1.20. The third kappa shape index (κ3) is 2.75.